The van der Waals surface area contributed by atoms with Crippen molar-refractivity contribution >= 4 is 23.2 Å². The molecule has 182 valence electrons. The normalized spacial score (nSPS) is 28.1. The second kappa shape index (κ2) is 8.05. The van der Waals surface area contributed by atoms with E-state index < -0.39 is 11.9 Å². The Hall–Kier alpha value is -3.46. The summed E-state index contributed by atoms with van der Waals surface area (Å²) >= 11 is 0. The predicted molar refractivity (Wildman–Crippen MR) is 129 cm³/mol. The molecule has 3 aromatic rings. The van der Waals surface area contributed by atoms with Crippen LogP contribution in [0.15, 0.2) is 42.6 Å². The molecule has 9 nitrogen and oxygen atoms in total. The number of nitrogens with zero attached hydrogens (tertiary/aromatic N) is 5. The van der Waals surface area contributed by atoms with E-state index in [0.29, 0.717) is 18.7 Å². The average Bonchev–Trinajstić information content (AvgIpc) is 3.61. The monoisotopic (exact) mass is 475 g/mol. The first-order chi connectivity index (χ1) is 16.8. The molecule has 0 radical (unpaired) electrons. The maximum atomic E-state index is 13.2. The smallest absolute Gasteiger partial charge is 0.309 e. The van der Waals surface area contributed by atoms with Gasteiger partial charge in [0.2, 0.25) is 5.82 Å². The molecule has 1 N–H and O–H groups in total. The summed E-state index contributed by atoms with van der Waals surface area (Å²) in [5, 5.41) is 13.9. The topological polar surface area (TPSA) is 100 Å². The van der Waals surface area contributed by atoms with Crippen molar-refractivity contribution in [1.29, 1.82) is 0 Å². The van der Waals surface area contributed by atoms with Gasteiger partial charge >= 0.3 is 5.97 Å². The van der Waals surface area contributed by atoms with E-state index in [2.05, 4.69) is 52.2 Å². The van der Waals surface area contributed by atoms with Crippen molar-refractivity contribution in [2.45, 2.75) is 31.8 Å². The number of aromatic nitrogens is 3. The van der Waals surface area contributed by atoms with Gasteiger partial charge in [-0.1, -0.05) is 37.3 Å². The van der Waals surface area contributed by atoms with Crippen LogP contribution >= 0.6 is 0 Å². The minimum Gasteiger partial charge on any atom is -0.481 e. The number of hydrogen-bond donors (Lipinski definition) is 1. The van der Waals surface area contributed by atoms with Gasteiger partial charge < -0.3 is 19.6 Å². The van der Waals surface area contributed by atoms with Gasteiger partial charge in [0.1, 0.15) is 0 Å². The van der Waals surface area contributed by atoms with Gasteiger partial charge in [-0.2, -0.15) is 0 Å². The first-order valence-electron chi connectivity index (χ1n) is 12.1. The lowest BCUT2D eigenvalue weighted by Gasteiger charge is -2.26. The molecule has 4 atom stereocenters. The van der Waals surface area contributed by atoms with E-state index in [1.807, 2.05) is 19.2 Å². The van der Waals surface area contributed by atoms with Crippen LogP contribution in [0.5, 0.6) is 0 Å². The molecule has 2 aromatic heterocycles. The molecule has 0 bridgehead atoms. The molecule has 9 heteroatoms. The molecule has 0 aliphatic carbocycles. The lowest BCUT2D eigenvalue weighted by Crippen LogP contribution is -2.33. The van der Waals surface area contributed by atoms with E-state index >= 15 is 0 Å². The van der Waals surface area contributed by atoms with Gasteiger partial charge in [-0.15, -0.1) is 5.10 Å². The molecule has 3 aliphatic rings. The molecule has 0 spiro atoms. The summed E-state index contributed by atoms with van der Waals surface area (Å²) in [6.07, 6.45) is 2.77. The van der Waals surface area contributed by atoms with Crippen molar-refractivity contribution in [3.63, 3.8) is 0 Å². The maximum absolute atomic E-state index is 13.2. The summed E-state index contributed by atoms with van der Waals surface area (Å²) < 4.78 is 7.34. The highest BCUT2D eigenvalue weighted by molar-refractivity contribution is 5.91. The Morgan fingerprint density at radius 1 is 1.20 bits per heavy atom. The summed E-state index contributed by atoms with van der Waals surface area (Å²) in [5.74, 6) is -1.78. The van der Waals surface area contributed by atoms with E-state index in [9.17, 15) is 14.7 Å². The molecular formula is C26H29N5O4. The van der Waals surface area contributed by atoms with E-state index in [1.165, 1.54) is 5.56 Å². The van der Waals surface area contributed by atoms with Crippen LogP contribution in [-0.4, -0.2) is 75.4 Å². The number of hydrogen-bond acceptors (Lipinski definition) is 6. The van der Waals surface area contributed by atoms with Crippen LogP contribution in [0.4, 0.5) is 5.69 Å². The number of amides is 1. The molecule has 0 saturated carbocycles. The Morgan fingerprint density at radius 2 is 2.00 bits per heavy atom. The number of ether oxygens (including phenoxy) is 1. The zero-order valence-corrected chi connectivity index (χ0v) is 19.9. The van der Waals surface area contributed by atoms with Crippen molar-refractivity contribution in [2.75, 3.05) is 37.7 Å². The van der Waals surface area contributed by atoms with Crippen molar-refractivity contribution < 1.29 is 19.4 Å². The number of carbonyl (C=O) groups is 2. The summed E-state index contributed by atoms with van der Waals surface area (Å²) in [7, 11) is 0. The third-order valence-corrected chi connectivity index (χ3v) is 8.02. The number of aryl methyl sites for hydroxylation is 1. The number of likely N-dealkylation sites (tertiary alicyclic amines) is 1. The maximum Gasteiger partial charge on any atom is 0.309 e. The fourth-order valence-corrected chi connectivity index (χ4v) is 5.93. The fraction of sp³-hybridized carbons (Fsp3) is 0.462. The fourth-order valence-electron chi connectivity index (χ4n) is 5.93. The zero-order chi connectivity index (χ0) is 24.3. The Bertz CT molecular complexity index is 1310. The predicted octanol–water partition coefficient (Wildman–Crippen LogP) is 2.38. The number of carboxylic acid groups (broad SMARTS) is 1. The van der Waals surface area contributed by atoms with Gasteiger partial charge in [0.05, 0.1) is 30.5 Å². The molecule has 5 heterocycles. The van der Waals surface area contributed by atoms with Gasteiger partial charge in [-0.3, -0.25) is 9.59 Å². The van der Waals surface area contributed by atoms with Crippen molar-refractivity contribution in [3.05, 3.63) is 59.5 Å². The van der Waals surface area contributed by atoms with Crippen LogP contribution in [0.25, 0.3) is 5.65 Å². The van der Waals surface area contributed by atoms with Gasteiger partial charge in [0.15, 0.2) is 5.65 Å². The third-order valence-electron chi connectivity index (χ3n) is 8.02. The number of carbonyl (C=O) groups excluding carboxylic acids is 1. The van der Waals surface area contributed by atoms with Crippen molar-refractivity contribution in [3.8, 4) is 0 Å². The molecule has 3 aliphatic heterocycles. The van der Waals surface area contributed by atoms with Crippen LogP contribution in [0, 0.1) is 18.8 Å². The number of benzene rings is 1. The third kappa shape index (κ3) is 3.65. The number of anilines is 1. The Balaban J connectivity index is 1.23. The van der Waals surface area contributed by atoms with Gasteiger partial charge in [-0.25, -0.2) is 9.50 Å². The van der Waals surface area contributed by atoms with Crippen LogP contribution < -0.4 is 4.90 Å². The summed E-state index contributed by atoms with van der Waals surface area (Å²) in [5.41, 5.74) is 4.10. The summed E-state index contributed by atoms with van der Waals surface area (Å²) in [6.45, 7) is 7.08. The Labute approximate surface area is 203 Å². The molecule has 0 unspecified atom stereocenters. The van der Waals surface area contributed by atoms with Crippen molar-refractivity contribution in [1.82, 2.24) is 19.5 Å². The molecule has 3 saturated heterocycles. The first-order valence-corrected chi connectivity index (χ1v) is 12.1. The van der Waals surface area contributed by atoms with Gasteiger partial charge in [0.25, 0.3) is 5.91 Å². The zero-order valence-electron chi connectivity index (χ0n) is 19.9. The first kappa shape index (κ1) is 22.0. The highest BCUT2D eigenvalue weighted by atomic mass is 16.5. The number of pyridine rings is 1. The quantitative estimate of drug-likeness (QED) is 0.618. The molecule has 35 heavy (non-hydrogen) atoms. The average molecular weight is 476 g/mol. The Morgan fingerprint density at radius 3 is 2.77 bits per heavy atom. The lowest BCUT2D eigenvalue weighted by atomic mass is 9.82. The number of aliphatic carboxylic acids is 1. The van der Waals surface area contributed by atoms with E-state index in [-0.39, 0.29) is 35.8 Å². The number of carboxylic acids is 1. The molecule has 1 amide bonds. The largest absolute Gasteiger partial charge is 0.481 e. The second-order valence-corrected chi connectivity index (χ2v) is 10.4. The molecule has 1 aromatic carbocycles. The van der Waals surface area contributed by atoms with Crippen molar-refractivity contribution in [2.24, 2.45) is 11.8 Å². The van der Waals surface area contributed by atoms with Gasteiger partial charge in [0, 0.05) is 37.5 Å². The highest BCUT2D eigenvalue weighted by Gasteiger charge is 2.48. The number of rotatable bonds is 4. The standard InChI is InChI=1S/C26H29N5O4/c1-16-10-18(29-9-8-26(2,15-29)17-6-4-3-5-7-17)11-31-23(16)27-22(28-31)24(32)30-12-19-20(25(33)34)14-35-21(19)13-30/h3-7,10-11,19-21H,8-9,12-15H2,1-2H3,(H,33,34)/t19-,20+,21-,26+/m1/s1. The summed E-state index contributed by atoms with van der Waals surface area (Å²) in [4.78, 5) is 33.2. The minimum atomic E-state index is -0.869. The molecular weight excluding hydrogens is 446 g/mol. The highest BCUT2D eigenvalue weighted by Crippen LogP contribution is 2.37. The van der Waals surface area contributed by atoms with E-state index in [1.54, 1.807) is 9.42 Å². The molecule has 6 rings (SSSR count). The van der Waals surface area contributed by atoms with Crippen LogP contribution in [0.3, 0.4) is 0 Å². The lowest BCUT2D eigenvalue weighted by molar-refractivity contribution is -0.142. The number of fused-ring (bicyclic) bond motifs is 2. The van der Waals surface area contributed by atoms with E-state index in [0.717, 1.165) is 30.8 Å². The Kier molecular flexibility index (Phi) is 5.07. The van der Waals surface area contributed by atoms with Gasteiger partial charge in [-0.05, 0) is 30.5 Å². The molecule has 3 fully saturated rings. The minimum absolute atomic E-state index is 0.0807. The second-order valence-electron chi connectivity index (χ2n) is 10.4. The van der Waals surface area contributed by atoms with Crippen LogP contribution in [-0.2, 0) is 14.9 Å². The SMILES string of the molecule is Cc1cc(N2CC[C@](C)(c3ccccc3)C2)cn2nc(C(=O)N3C[C@@H]4[C@@H](C(=O)O)CO[C@@H]4C3)nc12. The van der Waals surface area contributed by atoms with Crippen LogP contribution in [0.1, 0.15) is 35.1 Å². The summed E-state index contributed by atoms with van der Waals surface area (Å²) in [6, 6.07) is 12.7. The van der Waals surface area contributed by atoms with E-state index in [4.69, 9.17) is 4.74 Å². The van der Waals surface area contributed by atoms with Crippen LogP contribution in [0.2, 0.25) is 0 Å².